The molecule has 0 spiro atoms. The van der Waals surface area contributed by atoms with E-state index in [-0.39, 0.29) is 30.1 Å². The van der Waals surface area contributed by atoms with Crippen LogP contribution >= 0.6 is 12.4 Å². The molecule has 5 nitrogen and oxygen atoms in total. The van der Waals surface area contributed by atoms with Crippen molar-refractivity contribution < 1.29 is 9.59 Å². The van der Waals surface area contributed by atoms with Crippen LogP contribution in [0.15, 0.2) is 24.3 Å². The first-order valence-electron chi connectivity index (χ1n) is 7.96. The van der Waals surface area contributed by atoms with Crippen molar-refractivity contribution in [1.82, 2.24) is 5.32 Å². The van der Waals surface area contributed by atoms with E-state index in [9.17, 15) is 9.59 Å². The van der Waals surface area contributed by atoms with Crippen LogP contribution in [0.4, 0.5) is 11.4 Å². The van der Waals surface area contributed by atoms with Crippen LogP contribution in [-0.4, -0.2) is 24.9 Å². The molecule has 0 aliphatic carbocycles. The standard InChI is InChI=1S/C17H25N3O2.ClH/c1-12(2)10-16(21)19-14-5-7-15(8-6-14)20-17(22)13-4-3-9-18-11-13;/h5-8,12-13,18H,3-4,9-11H2,1-2H3,(H,19,21)(H,20,22);1H. The van der Waals surface area contributed by atoms with Gasteiger partial charge in [0, 0.05) is 24.3 Å². The maximum absolute atomic E-state index is 12.1. The van der Waals surface area contributed by atoms with Crippen molar-refractivity contribution in [3.63, 3.8) is 0 Å². The predicted molar refractivity (Wildman–Crippen MR) is 96.0 cm³/mol. The Kier molecular flexibility index (Phi) is 8.06. The molecule has 0 saturated carbocycles. The molecule has 1 atom stereocenters. The van der Waals surface area contributed by atoms with Crippen LogP contribution < -0.4 is 16.0 Å². The van der Waals surface area contributed by atoms with Gasteiger partial charge in [0.25, 0.3) is 0 Å². The van der Waals surface area contributed by atoms with Gasteiger partial charge in [-0.1, -0.05) is 13.8 Å². The van der Waals surface area contributed by atoms with Crippen LogP contribution in [0.2, 0.25) is 0 Å². The lowest BCUT2D eigenvalue weighted by Gasteiger charge is -2.21. The molecular weight excluding hydrogens is 314 g/mol. The molecule has 23 heavy (non-hydrogen) atoms. The third kappa shape index (κ3) is 6.59. The summed E-state index contributed by atoms with van der Waals surface area (Å²) in [6, 6.07) is 7.26. The monoisotopic (exact) mass is 339 g/mol. The van der Waals surface area contributed by atoms with E-state index in [1.807, 2.05) is 38.1 Å². The molecule has 0 bridgehead atoms. The topological polar surface area (TPSA) is 70.2 Å². The van der Waals surface area contributed by atoms with Gasteiger partial charge in [-0.15, -0.1) is 12.4 Å². The fourth-order valence-corrected chi connectivity index (χ4v) is 2.54. The zero-order valence-electron chi connectivity index (χ0n) is 13.7. The Hall–Kier alpha value is -1.59. The second kappa shape index (κ2) is 9.53. The number of nitrogens with one attached hydrogen (secondary N) is 3. The molecule has 0 radical (unpaired) electrons. The normalized spacial score (nSPS) is 17.3. The molecule has 1 heterocycles. The number of halogens is 1. The molecule has 6 heteroatoms. The number of hydrogen-bond donors (Lipinski definition) is 3. The molecule has 128 valence electrons. The SMILES string of the molecule is CC(C)CC(=O)Nc1ccc(NC(=O)C2CCCNC2)cc1.Cl. The number of carbonyl (C=O) groups excluding carboxylic acids is 2. The van der Waals surface area contributed by atoms with Gasteiger partial charge >= 0.3 is 0 Å². The van der Waals surface area contributed by atoms with E-state index in [0.717, 1.165) is 37.3 Å². The lowest BCUT2D eigenvalue weighted by molar-refractivity contribution is -0.120. The summed E-state index contributed by atoms with van der Waals surface area (Å²) in [5, 5.41) is 9.03. The van der Waals surface area contributed by atoms with E-state index in [1.54, 1.807) is 0 Å². The highest BCUT2D eigenvalue weighted by molar-refractivity contribution is 5.94. The minimum Gasteiger partial charge on any atom is -0.326 e. The number of amides is 2. The minimum absolute atomic E-state index is 0. The lowest BCUT2D eigenvalue weighted by Crippen LogP contribution is -2.37. The highest BCUT2D eigenvalue weighted by atomic mass is 35.5. The Labute approximate surface area is 144 Å². The first-order valence-corrected chi connectivity index (χ1v) is 7.96. The fraction of sp³-hybridized carbons (Fsp3) is 0.529. The molecule has 1 unspecified atom stereocenters. The number of anilines is 2. The Morgan fingerprint density at radius 1 is 1.17 bits per heavy atom. The molecule has 0 aromatic heterocycles. The van der Waals surface area contributed by atoms with Crippen LogP contribution in [0.5, 0.6) is 0 Å². The fourth-order valence-electron chi connectivity index (χ4n) is 2.54. The Bertz CT molecular complexity index is 511. The molecule has 2 amide bonds. The lowest BCUT2D eigenvalue weighted by atomic mass is 9.99. The van der Waals surface area contributed by atoms with Crippen LogP contribution in [-0.2, 0) is 9.59 Å². The number of carbonyl (C=O) groups is 2. The molecule has 1 aliphatic rings. The summed E-state index contributed by atoms with van der Waals surface area (Å²) in [6.45, 7) is 5.76. The summed E-state index contributed by atoms with van der Waals surface area (Å²) < 4.78 is 0. The van der Waals surface area contributed by atoms with E-state index in [0.29, 0.717) is 12.3 Å². The summed E-state index contributed by atoms with van der Waals surface area (Å²) in [5.41, 5.74) is 1.51. The van der Waals surface area contributed by atoms with E-state index in [1.165, 1.54) is 0 Å². The third-order valence-corrected chi connectivity index (χ3v) is 3.70. The molecule has 1 aromatic rings. The maximum atomic E-state index is 12.1. The second-order valence-corrected chi connectivity index (χ2v) is 6.26. The third-order valence-electron chi connectivity index (χ3n) is 3.70. The van der Waals surface area contributed by atoms with Crippen molar-refractivity contribution in [2.75, 3.05) is 23.7 Å². The zero-order valence-corrected chi connectivity index (χ0v) is 14.5. The Balaban J connectivity index is 0.00000264. The van der Waals surface area contributed by atoms with Gasteiger partial charge in [0.05, 0.1) is 5.92 Å². The van der Waals surface area contributed by atoms with E-state index >= 15 is 0 Å². The van der Waals surface area contributed by atoms with Gasteiger partial charge in [-0.25, -0.2) is 0 Å². The molecule has 1 aromatic carbocycles. The second-order valence-electron chi connectivity index (χ2n) is 6.26. The summed E-state index contributed by atoms with van der Waals surface area (Å²) in [4.78, 5) is 23.8. The van der Waals surface area contributed by atoms with E-state index in [4.69, 9.17) is 0 Å². The minimum atomic E-state index is 0. The predicted octanol–water partition coefficient (Wildman–Crippen LogP) is 3.03. The van der Waals surface area contributed by atoms with Gasteiger partial charge in [0.2, 0.25) is 11.8 Å². The smallest absolute Gasteiger partial charge is 0.228 e. The summed E-state index contributed by atoms with van der Waals surface area (Å²) in [6.07, 6.45) is 2.48. The average Bonchev–Trinajstić information content (AvgIpc) is 2.49. The van der Waals surface area contributed by atoms with Gasteiger partial charge < -0.3 is 16.0 Å². The van der Waals surface area contributed by atoms with Crippen molar-refractivity contribution in [1.29, 1.82) is 0 Å². The number of rotatable bonds is 5. The van der Waals surface area contributed by atoms with Crippen molar-refractivity contribution in [3.8, 4) is 0 Å². The molecule has 1 saturated heterocycles. The van der Waals surface area contributed by atoms with Crippen molar-refractivity contribution in [3.05, 3.63) is 24.3 Å². The quantitative estimate of drug-likeness (QED) is 0.772. The van der Waals surface area contributed by atoms with Crippen LogP contribution in [0.25, 0.3) is 0 Å². The number of hydrogen-bond acceptors (Lipinski definition) is 3. The molecule has 1 aliphatic heterocycles. The van der Waals surface area contributed by atoms with Crippen molar-refractivity contribution >= 4 is 35.6 Å². The summed E-state index contributed by atoms with van der Waals surface area (Å²) >= 11 is 0. The van der Waals surface area contributed by atoms with Crippen LogP contribution in [0, 0.1) is 11.8 Å². The first-order chi connectivity index (χ1) is 10.5. The van der Waals surface area contributed by atoms with E-state index in [2.05, 4.69) is 16.0 Å². The van der Waals surface area contributed by atoms with Gasteiger partial charge in [-0.3, -0.25) is 9.59 Å². The molecule has 2 rings (SSSR count). The van der Waals surface area contributed by atoms with Crippen LogP contribution in [0.3, 0.4) is 0 Å². The van der Waals surface area contributed by atoms with Gasteiger partial charge in [-0.2, -0.15) is 0 Å². The van der Waals surface area contributed by atoms with Gasteiger partial charge in [0.15, 0.2) is 0 Å². The van der Waals surface area contributed by atoms with Crippen molar-refractivity contribution in [2.24, 2.45) is 11.8 Å². The van der Waals surface area contributed by atoms with Gasteiger partial charge in [-0.05, 0) is 49.6 Å². The zero-order chi connectivity index (χ0) is 15.9. The maximum Gasteiger partial charge on any atom is 0.228 e. The molecule has 3 N–H and O–H groups in total. The highest BCUT2D eigenvalue weighted by Gasteiger charge is 2.20. The largest absolute Gasteiger partial charge is 0.326 e. The Morgan fingerprint density at radius 3 is 2.30 bits per heavy atom. The summed E-state index contributed by atoms with van der Waals surface area (Å²) in [7, 11) is 0. The number of benzene rings is 1. The molecule has 1 fully saturated rings. The summed E-state index contributed by atoms with van der Waals surface area (Å²) in [5.74, 6) is 0.450. The van der Waals surface area contributed by atoms with Gasteiger partial charge in [0.1, 0.15) is 0 Å². The van der Waals surface area contributed by atoms with E-state index < -0.39 is 0 Å². The van der Waals surface area contributed by atoms with Crippen molar-refractivity contribution in [2.45, 2.75) is 33.1 Å². The number of piperidine rings is 1. The van der Waals surface area contributed by atoms with Crippen LogP contribution in [0.1, 0.15) is 33.1 Å². The first kappa shape index (κ1) is 19.5. The Morgan fingerprint density at radius 2 is 1.78 bits per heavy atom. The highest BCUT2D eigenvalue weighted by Crippen LogP contribution is 2.17. The average molecular weight is 340 g/mol. The molecular formula is C17H26ClN3O2.